The van der Waals surface area contributed by atoms with Crippen molar-refractivity contribution in [3.63, 3.8) is 0 Å². The van der Waals surface area contributed by atoms with Gasteiger partial charge < -0.3 is 10.3 Å². The molecule has 100 valence electrons. The lowest BCUT2D eigenvalue weighted by Crippen LogP contribution is -1.92. The molecule has 0 saturated carbocycles. The monoisotopic (exact) mass is 266 g/mol. The fourth-order valence-corrected chi connectivity index (χ4v) is 1.98. The lowest BCUT2D eigenvalue weighted by Gasteiger charge is -2.03. The highest BCUT2D eigenvalue weighted by Gasteiger charge is 2.14. The zero-order valence-electron chi connectivity index (χ0n) is 11.3. The zero-order valence-corrected chi connectivity index (χ0v) is 11.3. The van der Waals surface area contributed by atoms with E-state index >= 15 is 0 Å². The van der Waals surface area contributed by atoms with Gasteiger partial charge in [-0.05, 0) is 49.2 Å². The summed E-state index contributed by atoms with van der Waals surface area (Å²) in [5.41, 5.74) is 10.2. The van der Waals surface area contributed by atoms with Crippen LogP contribution in [0.4, 0.5) is 5.69 Å². The summed E-state index contributed by atoms with van der Waals surface area (Å²) < 4.78 is 5.32. The molecule has 0 fully saturated rings. The molecule has 0 amide bonds. The predicted octanol–water partition coefficient (Wildman–Crippen LogP) is 3.00. The summed E-state index contributed by atoms with van der Waals surface area (Å²) in [6, 6.07) is 9.46. The van der Waals surface area contributed by atoms with Crippen LogP contribution in [0.15, 0.2) is 41.1 Å². The molecule has 2 N–H and O–H groups in total. The Kier molecular flexibility index (Phi) is 2.95. The van der Waals surface area contributed by atoms with Gasteiger partial charge in [-0.2, -0.15) is 4.98 Å². The number of pyridine rings is 1. The molecule has 0 saturated heterocycles. The van der Waals surface area contributed by atoms with Crippen LogP contribution in [0.5, 0.6) is 0 Å². The zero-order chi connectivity index (χ0) is 14.1. The lowest BCUT2D eigenvalue weighted by atomic mass is 10.1. The van der Waals surface area contributed by atoms with Crippen molar-refractivity contribution in [3.05, 3.63) is 47.7 Å². The third-order valence-electron chi connectivity index (χ3n) is 3.18. The van der Waals surface area contributed by atoms with Gasteiger partial charge in [0.25, 0.3) is 5.89 Å². The Bertz CT molecular complexity index is 764. The van der Waals surface area contributed by atoms with Crippen LogP contribution >= 0.6 is 0 Å². The number of nitrogen functional groups attached to an aromatic ring is 1. The van der Waals surface area contributed by atoms with Crippen molar-refractivity contribution >= 4 is 5.69 Å². The molecule has 3 aromatic rings. The summed E-state index contributed by atoms with van der Waals surface area (Å²) in [6.07, 6.45) is 1.73. The number of nitrogens with two attached hydrogens (primary N) is 1. The van der Waals surface area contributed by atoms with Crippen molar-refractivity contribution < 1.29 is 4.52 Å². The van der Waals surface area contributed by atoms with E-state index < -0.39 is 0 Å². The summed E-state index contributed by atoms with van der Waals surface area (Å²) in [5.74, 6) is 0.929. The Morgan fingerprint density at radius 2 is 2.00 bits per heavy atom. The first kappa shape index (κ1) is 12.3. The summed E-state index contributed by atoms with van der Waals surface area (Å²) in [4.78, 5) is 8.65. The Hall–Kier alpha value is -2.69. The normalized spacial score (nSPS) is 10.7. The highest BCUT2D eigenvalue weighted by atomic mass is 16.5. The van der Waals surface area contributed by atoms with E-state index in [1.807, 2.05) is 44.2 Å². The maximum atomic E-state index is 5.89. The highest BCUT2D eigenvalue weighted by Crippen LogP contribution is 2.27. The Morgan fingerprint density at radius 1 is 1.15 bits per heavy atom. The van der Waals surface area contributed by atoms with Crippen LogP contribution in [-0.4, -0.2) is 15.1 Å². The fourth-order valence-electron chi connectivity index (χ4n) is 1.98. The average molecular weight is 266 g/mol. The second kappa shape index (κ2) is 4.77. The third kappa shape index (κ3) is 2.14. The molecule has 5 nitrogen and oxygen atoms in total. The highest BCUT2D eigenvalue weighted by molar-refractivity contribution is 5.67. The van der Waals surface area contributed by atoms with Crippen LogP contribution in [0.3, 0.4) is 0 Å². The molecule has 0 bridgehead atoms. The van der Waals surface area contributed by atoms with Crippen LogP contribution < -0.4 is 5.73 Å². The number of aryl methyl sites for hydroxylation is 1. The lowest BCUT2D eigenvalue weighted by molar-refractivity contribution is 0.432. The van der Waals surface area contributed by atoms with E-state index in [0.717, 1.165) is 16.7 Å². The molecule has 0 unspecified atom stereocenters. The number of rotatable bonds is 2. The average Bonchev–Trinajstić information content (AvgIpc) is 2.91. The van der Waals surface area contributed by atoms with E-state index in [4.69, 9.17) is 10.3 Å². The van der Waals surface area contributed by atoms with Crippen LogP contribution in [0.2, 0.25) is 0 Å². The smallest absolute Gasteiger partial charge is 0.258 e. The van der Waals surface area contributed by atoms with Crippen molar-refractivity contribution in [2.75, 3.05) is 5.73 Å². The maximum absolute atomic E-state index is 5.89. The number of hydrogen-bond donors (Lipinski definition) is 1. The molecule has 0 aliphatic heterocycles. The minimum Gasteiger partial charge on any atom is -0.398 e. The predicted molar refractivity (Wildman–Crippen MR) is 76.9 cm³/mol. The van der Waals surface area contributed by atoms with Crippen molar-refractivity contribution in [2.24, 2.45) is 0 Å². The number of anilines is 1. The van der Waals surface area contributed by atoms with Crippen molar-refractivity contribution in [3.8, 4) is 23.0 Å². The van der Waals surface area contributed by atoms with Gasteiger partial charge in [-0.25, -0.2) is 0 Å². The van der Waals surface area contributed by atoms with Crippen LogP contribution in [0.25, 0.3) is 23.0 Å². The molecule has 0 aliphatic rings. The minimum absolute atomic E-state index is 0.452. The van der Waals surface area contributed by atoms with E-state index in [1.54, 1.807) is 6.20 Å². The molecule has 3 rings (SSSR count). The summed E-state index contributed by atoms with van der Waals surface area (Å²) in [6.45, 7) is 3.92. The minimum atomic E-state index is 0.452. The molecule has 1 aromatic carbocycles. The SMILES string of the molecule is Cc1ccnc(-c2noc(-c3cccc(N)c3C)n2)c1. The quantitative estimate of drug-likeness (QED) is 0.721. The first-order chi connectivity index (χ1) is 9.65. The van der Waals surface area contributed by atoms with Crippen molar-refractivity contribution in [1.29, 1.82) is 0 Å². The Labute approximate surface area is 116 Å². The van der Waals surface area contributed by atoms with Gasteiger partial charge in [-0.15, -0.1) is 0 Å². The molecule has 0 radical (unpaired) electrons. The molecule has 0 aliphatic carbocycles. The first-order valence-electron chi connectivity index (χ1n) is 6.27. The number of aromatic nitrogens is 3. The summed E-state index contributed by atoms with van der Waals surface area (Å²) in [7, 11) is 0. The van der Waals surface area contributed by atoms with Gasteiger partial charge >= 0.3 is 0 Å². The van der Waals surface area contributed by atoms with Gasteiger partial charge in [-0.1, -0.05) is 11.2 Å². The van der Waals surface area contributed by atoms with Gasteiger partial charge in [0.1, 0.15) is 5.69 Å². The molecular formula is C15H14N4O. The van der Waals surface area contributed by atoms with Crippen LogP contribution in [0, 0.1) is 13.8 Å². The van der Waals surface area contributed by atoms with Crippen molar-refractivity contribution in [2.45, 2.75) is 13.8 Å². The fraction of sp³-hybridized carbons (Fsp3) is 0.133. The molecular weight excluding hydrogens is 252 g/mol. The summed E-state index contributed by atoms with van der Waals surface area (Å²) >= 11 is 0. The van der Waals surface area contributed by atoms with Crippen LogP contribution in [-0.2, 0) is 0 Å². The standard InChI is InChI=1S/C15H14N4O/c1-9-6-7-17-13(8-9)14-18-15(20-19-14)11-4-3-5-12(16)10(11)2/h3-8H,16H2,1-2H3. The Morgan fingerprint density at radius 3 is 2.80 bits per heavy atom. The second-order valence-electron chi connectivity index (χ2n) is 4.66. The van der Waals surface area contributed by atoms with E-state index in [2.05, 4.69) is 15.1 Å². The van der Waals surface area contributed by atoms with Gasteiger partial charge in [-0.3, -0.25) is 4.98 Å². The van der Waals surface area contributed by atoms with Gasteiger partial charge in [0.2, 0.25) is 5.82 Å². The molecule has 2 heterocycles. The van der Waals surface area contributed by atoms with Crippen molar-refractivity contribution in [1.82, 2.24) is 15.1 Å². The van der Waals surface area contributed by atoms with Crippen LogP contribution in [0.1, 0.15) is 11.1 Å². The van der Waals surface area contributed by atoms with E-state index in [-0.39, 0.29) is 0 Å². The third-order valence-corrected chi connectivity index (χ3v) is 3.18. The summed E-state index contributed by atoms with van der Waals surface area (Å²) in [5, 5.41) is 3.99. The first-order valence-corrected chi connectivity index (χ1v) is 6.27. The van der Waals surface area contributed by atoms with Gasteiger partial charge in [0, 0.05) is 17.4 Å². The van der Waals surface area contributed by atoms with Gasteiger partial charge in [0.05, 0.1) is 0 Å². The second-order valence-corrected chi connectivity index (χ2v) is 4.66. The van der Waals surface area contributed by atoms with E-state index in [0.29, 0.717) is 23.1 Å². The topological polar surface area (TPSA) is 77.8 Å². The Balaban J connectivity index is 2.04. The van der Waals surface area contributed by atoms with E-state index in [1.165, 1.54) is 0 Å². The number of hydrogen-bond acceptors (Lipinski definition) is 5. The molecule has 20 heavy (non-hydrogen) atoms. The maximum Gasteiger partial charge on any atom is 0.258 e. The van der Waals surface area contributed by atoms with Gasteiger partial charge in [0.15, 0.2) is 0 Å². The number of benzene rings is 1. The molecule has 0 atom stereocenters. The number of nitrogens with zero attached hydrogens (tertiary/aromatic N) is 3. The molecule has 5 heteroatoms. The molecule has 2 aromatic heterocycles. The largest absolute Gasteiger partial charge is 0.398 e. The molecule has 0 spiro atoms. The van der Waals surface area contributed by atoms with E-state index in [9.17, 15) is 0 Å².